The minimum atomic E-state index is -0.941. The van der Waals surface area contributed by atoms with Gasteiger partial charge in [0.15, 0.2) is 0 Å². The van der Waals surface area contributed by atoms with Gasteiger partial charge >= 0.3 is 47.5 Å². The molecular formula is C72H100N4O16S4. The first-order chi connectivity index (χ1) is 45.3. The zero-order valence-electron chi connectivity index (χ0n) is 58.9. The number of ether oxygens (including phenoxy) is 8. The van der Waals surface area contributed by atoms with Gasteiger partial charge < -0.3 is 59.2 Å². The molecule has 0 spiro atoms. The van der Waals surface area contributed by atoms with E-state index in [4.69, 9.17) is 37.9 Å². The van der Waals surface area contributed by atoms with Gasteiger partial charge in [0.2, 0.25) is 0 Å². The smallest absolute Gasteiger partial charge is 0.396 e. The Hall–Kier alpha value is -6.76. The predicted octanol–water partition coefficient (Wildman–Crippen LogP) is 13.1. The summed E-state index contributed by atoms with van der Waals surface area (Å²) in [5, 5.41) is 10.7. The lowest BCUT2D eigenvalue weighted by Gasteiger charge is -2.28. The van der Waals surface area contributed by atoms with E-state index in [1.54, 1.807) is 27.7 Å². The molecule has 0 aliphatic carbocycles. The van der Waals surface area contributed by atoms with E-state index in [2.05, 4.69) is 153 Å². The quantitative estimate of drug-likeness (QED) is 0.0157. The number of carbonyl (C=O) groups is 8. The standard InChI is InChI=1S/C72H100N4O16S4/c1-17-85-65(81)61(77)73-29-21-25-33-89-57-49-37-45(69(5,6)7)38-50(57)94-52-40-47(71(11,12)13)42-54(59(52)91-35-27-23-31-75-63(79)67(83)87-19-3)96-56-44-48(72(14,15)16)43-55(60(56)92-36-28-24-32-76-64(80)68(84)88-20-4)95-53-41-46(70(8,9)10)39-51(93-49)58(53)90-34-26-22-30-74-62(78)66(82)86-18-2/h37-44H,17-36H2,1-16H3,(H,73,77)(H,74,78)(H,75,79)(H,76,80). The number of benzene rings is 4. The van der Waals surface area contributed by atoms with Crippen molar-refractivity contribution in [2.45, 2.75) is 223 Å². The van der Waals surface area contributed by atoms with Crippen molar-refractivity contribution >= 4 is 94.6 Å². The zero-order valence-corrected chi connectivity index (χ0v) is 62.2. The fourth-order valence-electron chi connectivity index (χ4n) is 9.18. The molecule has 96 heavy (non-hydrogen) atoms. The Bertz CT molecular complexity index is 2830. The monoisotopic (exact) mass is 1400 g/mol. The maximum absolute atomic E-state index is 12.5. The molecule has 1 aliphatic heterocycles. The second-order valence-electron chi connectivity index (χ2n) is 26.7. The normalized spacial score (nSPS) is 12.3. The second-order valence-corrected chi connectivity index (χ2v) is 31.1. The Balaban J connectivity index is 1.84. The number of fused-ring (bicyclic) bond motifs is 8. The van der Waals surface area contributed by atoms with E-state index in [0.717, 1.165) is 61.4 Å². The van der Waals surface area contributed by atoms with Gasteiger partial charge in [-0.25, -0.2) is 19.2 Å². The Morgan fingerprint density at radius 3 is 0.604 bits per heavy atom. The number of amides is 4. The van der Waals surface area contributed by atoms with Crippen LogP contribution in [0.15, 0.2) is 87.7 Å². The highest BCUT2D eigenvalue weighted by Gasteiger charge is 2.31. The average molecular weight is 1410 g/mol. The van der Waals surface area contributed by atoms with Crippen LogP contribution in [-0.2, 0) is 79.0 Å². The molecule has 0 saturated carbocycles. The van der Waals surface area contributed by atoms with Crippen LogP contribution in [0.4, 0.5) is 0 Å². The van der Waals surface area contributed by atoms with E-state index in [1.807, 2.05) is 0 Å². The topological polar surface area (TPSA) is 259 Å². The van der Waals surface area contributed by atoms with Gasteiger partial charge in [-0.2, -0.15) is 0 Å². The van der Waals surface area contributed by atoms with E-state index in [1.165, 1.54) is 47.0 Å². The largest absolute Gasteiger partial charge is 0.491 e. The summed E-state index contributed by atoms with van der Waals surface area (Å²) in [6.07, 6.45) is 3.99. The zero-order chi connectivity index (χ0) is 71.0. The molecule has 4 N–H and O–H groups in total. The summed E-state index contributed by atoms with van der Waals surface area (Å²) in [5.41, 5.74) is 2.58. The molecule has 0 aromatic heterocycles. The molecule has 4 aromatic rings. The first kappa shape index (κ1) is 79.9. The van der Waals surface area contributed by atoms with Crippen LogP contribution in [0.2, 0.25) is 0 Å². The molecule has 8 bridgehead atoms. The Morgan fingerprint density at radius 2 is 0.458 bits per heavy atom. The van der Waals surface area contributed by atoms with Crippen LogP contribution in [0.25, 0.3) is 0 Å². The van der Waals surface area contributed by atoms with E-state index in [0.29, 0.717) is 74.4 Å². The Morgan fingerprint density at radius 1 is 0.292 bits per heavy atom. The summed E-state index contributed by atoms with van der Waals surface area (Å²) in [6.45, 7) is 34.7. The molecule has 0 atom stereocenters. The molecule has 528 valence electrons. The van der Waals surface area contributed by atoms with Gasteiger partial charge in [-0.15, -0.1) is 0 Å². The summed E-state index contributed by atoms with van der Waals surface area (Å²) in [6, 6.07) is 17.4. The third-order valence-corrected chi connectivity index (χ3v) is 18.9. The Labute approximate surface area is 584 Å². The van der Waals surface area contributed by atoms with Gasteiger partial charge in [0.25, 0.3) is 0 Å². The number of carbonyl (C=O) groups excluding carboxylic acids is 8. The van der Waals surface area contributed by atoms with Crippen molar-refractivity contribution in [2.24, 2.45) is 0 Å². The molecule has 1 aliphatic rings. The molecule has 0 unspecified atom stereocenters. The third-order valence-electron chi connectivity index (χ3n) is 14.7. The lowest BCUT2D eigenvalue weighted by atomic mass is 9.87. The maximum atomic E-state index is 12.5. The summed E-state index contributed by atoms with van der Waals surface area (Å²) in [5.74, 6) is -4.58. The summed E-state index contributed by atoms with van der Waals surface area (Å²) < 4.78 is 48.1. The van der Waals surface area contributed by atoms with Gasteiger partial charge in [-0.1, -0.05) is 130 Å². The van der Waals surface area contributed by atoms with E-state index < -0.39 is 47.5 Å². The van der Waals surface area contributed by atoms with E-state index in [9.17, 15) is 38.4 Å². The molecule has 24 heteroatoms. The highest BCUT2D eigenvalue weighted by molar-refractivity contribution is 8.01. The molecule has 0 fully saturated rings. The van der Waals surface area contributed by atoms with Crippen molar-refractivity contribution in [3.05, 3.63) is 70.8 Å². The lowest BCUT2D eigenvalue weighted by molar-refractivity contribution is -0.154. The SMILES string of the molecule is CCOC(=O)C(=O)NCCCCOc1c2cc(C(C)(C)C)cc1Sc1cc(C(C)(C)C)cc(c1OCCCCNC(=O)C(=O)OCC)Sc1cc(C(C)(C)C)cc(c1OCCCCNC(=O)C(=O)OCC)Sc1cc(C(C)(C)C)cc(c1OCCCCNC(=O)C(=O)OCC)S2. The van der Waals surface area contributed by atoms with Gasteiger partial charge in [0.1, 0.15) is 23.0 Å². The Kier molecular flexibility index (Phi) is 31.5. The van der Waals surface area contributed by atoms with Crippen molar-refractivity contribution < 1.29 is 76.3 Å². The number of hydrogen-bond donors (Lipinski definition) is 4. The van der Waals surface area contributed by atoms with Crippen molar-refractivity contribution in [1.82, 2.24) is 21.3 Å². The van der Waals surface area contributed by atoms with Crippen molar-refractivity contribution in [2.75, 3.05) is 79.0 Å². The highest BCUT2D eigenvalue weighted by atomic mass is 32.2. The van der Waals surface area contributed by atoms with Crippen molar-refractivity contribution in [1.29, 1.82) is 0 Å². The number of nitrogens with one attached hydrogen (secondary N) is 4. The number of esters is 4. The van der Waals surface area contributed by atoms with Crippen molar-refractivity contribution in [3.63, 3.8) is 0 Å². The number of unbranched alkanes of at least 4 members (excludes halogenated alkanes) is 4. The van der Waals surface area contributed by atoms with Crippen LogP contribution in [0, 0.1) is 0 Å². The minimum Gasteiger partial charge on any atom is -0.491 e. The molecule has 4 amide bonds. The van der Waals surface area contributed by atoms with Crippen LogP contribution >= 0.6 is 47.0 Å². The van der Waals surface area contributed by atoms with Gasteiger partial charge in [-0.3, -0.25) is 19.2 Å². The fourth-order valence-corrected chi connectivity index (χ4v) is 14.0. The predicted molar refractivity (Wildman–Crippen MR) is 375 cm³/mol. The molecule has 0 saturated heterocycles. The highest BCUT2D eigenvalue weighted by Crippen LogP contribution is 2.56. The molecular weight excluding hydrogens is 1310 g/mol. The molecule has 4 aromatic carbocycles. The number of hydrogen-bond acceptors (Lipinski definition) is 20. The van der Waals surface area contributed by atoms with Crippen LogP contribution < -0.4 is 40.2 Å². The summed E-state index contributed by atoms with van der Waals surface area (Å²) in [7, 11) is 0. The first-order valence-corrected chi connectivity index (χ1v) is 36.3. The maximum Gasteiger partial charge on any atom is 0.396 e. The van der Waals surface area contributed by atoms with Crippen LogP contribution in [0.5, 0.6) is 23.0 Å². The molecule has 0 radical (unpaired) electrons. The lowest BCUT2D eigenvalue weighted by Crippen LogP contribution is -2.33. The first-order valence-electron chi connectivity index (χ1n) is 33.1. The van der Waals surface area contributed by atoms with E-state index >= 15 is 0 Å². The minimum absolute atomic E-state index is 0.0779. The van der Waals surface area contributed by atoms with Crippen LogP contribution in [0.1, 0.15) is 184 Å². The number of rotatable bonds is 28. The average Bonchev–Trinajstić information content (AvgIpc) is 0.767. The van der Waals surface area contributed by atoms with E-state index in [-0.39, 0.29) is 101 Å². The summed E-state index contributed by atoms with van der Waals surface area (Å²) in [4.78, 5) is 105. The van der Waals surface area contributed by atoms with Crippen LogP contribution in [0.3, 0.4) is 0 Å². The summed E-state index contributed by atoms with van der Waals surface area (Å²) >= 11 is 6.11. The molecule has 5 rings (SSSR count). The van der Waals surface area contributed by atoms with Gasteiger partial charge in [0, 0.05) is 26.2 Å². The molecule has 20 nitrogen and oxygen atoms in total. The third kappa shape index (κ3) is 25.0. The van der Waals surface area contributed by atoms with Crippen molar-refractivity contribution in [3.8, 4) is 23.0 Å². The van der Waals surface area contributed by atoms with Crippen LogP contribution in [-0.4, -0.2) is 127 Å². The second kappa shape index (κ2) is 37.8. The fraction of sp³-hybridized carbons (Fsp3) is 0.556. The van der Waals surface area contributed by atoms with Gasteiger partial charge in [-0.05, 0) is 172 Å². The molecule has 1 heterocycles. The van der Waals surface area contributed by atoms with Gasteiger partial charge in [0.05, 0.1) is 92.0 Å².